The first-order valence-corrected chi connectivity index (χ1v) is 12.4. The number of esters is 2. The van der Waals surface area contributed by atoms with Crippen LogP contribution in [0, 0.1) is 5.92 Å². The van der Waals surface area contributed by atoms with E-state index in [1.807, 2.05) is 48.5 Å². The summed E-state index contributed by atoms with van der Waals surface area (Å²) in [5.41, 5.74) is 2.95. The molecule has 180 valence electrons. The lowest BCUT2D eigenvalue weighted by Crippen LogP contribution is -2.65. The van der Waals surface area contributed by atoms with E-state index in [2.05, 4.69) is 17.5 Å². The molecule has 1 fully saturated rings. The molecule has 2 aliphatic carbocycles. The van der Waals surface area contributed by atoms with E-state index in [4.69, 9.17) is 14.2 Å². The number of piperidine rings is 1. The van der Waals surface area contributed by atoms with Crippen LogP contribution < -0.4 is 14.8 Å². The predicted molar refractivity (Wildman–Crippen MR) is 132 cm³/mol. The van der Waals surface area contributed by atoms with Crippen LogP contribution >= 0.6 is 0 Å². The number of ether oxygens (including phenoxy) is 3. The van der Waals surface area contributed by atoms with Gasteiger partial charge in [0.15, 0.2) is 17.6 Å². The maximum absolute atomic E-state index is 13.0. The van der Waals surface area contributed by atoms with Crippen LogP contribution in [0.25, 0.3) is 0 Å². The van der Waals surface area contributed by atoms with Crippen molar-refractivity contribution in [3.8, 4) is 11.5 Å². The highest BCUT2D eigenvalue weighted by Crippen LogP contribution is 2.61. The highest BCUT2D eigenvalue weighted by atomic mass is 16.6. The second-order valence-corrected chi connectivity index (χ2v) is 9.92. The standard InChI is InChI=1S/C30H25NO5/c32-28(18-7-3-1-4-8-18)34-23-13-11-20-17-22-21-12-14-24(35-29(33)19-9-5-2-6-10-19)27-30(21,15-16-31-22)25(20)26(23)36-27/h1-14,21-22,24,27,31H,15-17H2/t21-,22+,24-,27-,30-/m0/s1. The van der Waals surface area contributed by atoms with E-state index in [0.29, 0.717) is 22.6 Å². The molecule has 4 aliphatic rings. The van der Waals surface area contributed by atoms with E-state index in [1.54, 1.807) is 24.3 Å². The second kappa shape index (κ2) is 8.07. The third-order valence-corrected chi connectivity index (χ3v) is 8.11. The molecule has 2 aliphatic heterocycles. The van der Waals surface area contributed by atoms with Crippen LogP contribution in [-0.2, 0) is 16.6 Å². The normalized spacial score (nSPS) is 28.6. The van der Waals surface area contributed by atoms with Gasteiger partial charge in [-0.25, -0.2) is 9.59 Å². The number of nitrogens with one attached hydrogen (secondary N) is 1. The topological polar surface area (TPSA) is 73.9 Å². The quantitative estimate of drug-likeness (QED) is 0.343. The number of hydrogen-bond donors (Lipinski definition) is 1. The van der Waals surface area contributed by atoms with Crippen molar-refractivity contribution in [2.45, 2.75) is 36.5 Å². The van der Waals surface area contributed by atoms with Crippen LogP contribution in [0.1, 0.15) is 38.3 Å². The maximum Gasteiger partial charge on any atom is 0.343 e. The van der Waals surface area contributed by atoms with Crippen molar-refractivity contribution < 1.29 is 23.8 Å². The van der Waals surface area contributed by atoms with E-state index in [9.17, 15) is 9.59 Å². The fourth-order valence-electron chi connectivity index (χ4n) is 6.63. The minimum atomic E-state index is -0.552. The lowest BCUT2D eigenvalue weighted by Gasteiger charge is -2.54. The van der Waals surface area contributed by atoms with E-state index in [-0.39, 0.29) is 23.3 Å². The molecule has 1 spiro atoms. The van der Waals surface area contributed by atoms with Crippen molar-refractivity contribution in [1.82, 2.24) is 5.32 Å². The SMILES string of the molecule is O=C(Oc1ccc2c3c1O[C@H]1[C@@H](OC(=O)c4ccccc4)C=C[C@H]4[C@@H](C2)NCC[C@@]341)c1ccccc1. The first kappa shape index (κ1) is 21.4. The molecule has 0 radical (unpaired) electrons. The number of rotatable bonds is 4. The molecule has 6 heteroatoms. The van der Waals surface area contributed by atoms with Crippen LogP contribution in [0.5, 0.6) is 11.5 Å². The molecule has 0 aromatic heterocycles. The summed E-state index contributed by atoms with van der Waals surface area (Å²) in [7, 11) is 0. The third kappa shape index (κ3) is 3.07. The largest absolute Gasteiger partial charge is 0.481 e. The monoisotopic (exact) mass is 479 g/mol. The van der Waals surface area contributed by atoms with Crippen molar-refractivity contribution in [2.75, 3.05) is 6.54 Å². The highest BCUT2D eigenvalue weighted by Gasteiger charge is 2.64. The van der Waals surface area contributed by atoms with Crippen LogP contribution in [0.15, 0.2) is 84.9 Å². The molecule has 1 N–H and O–H groups in total. The molecular weight excluding hydrogens is 454 g/mol. The smallest absolute Gasteiger partial charge is 0.343 e. The Balaban J connectivity index is 1.28. The van der Waals surface area contributed by atoms with Crippen molar-refractivity contribution >= 4 is 11.9 Å². The Hall–Kier alpha value is -3.90. The molecule has 3 aromatic rings. The van der Waals surface area contributed by atoms with Gasteiger partial charge in [-0.3, -0.25) is 0 Å². The summed E-state index contributed by atoms with van der Waals surface area (Å²) < 4.78 is 18.6. The van der Waals surface area contributed by atoms with Gasteiger partial charge in [-0.15, -0.1) is 0 Å². The molecule has 0 unspecified atom stereocenters. The zero-order valence-corrected chi connectivity index (χ0v) is 19.6. The third-order valence-electron chi connectivity index (χ3n) is 8.11. The first-order chi connectivity index (χ1) is 17.6. The lowest BCUT2D eigenvalue weighted by atomic mass is 9.53. The van der Waals surface area contributed by atoms with Gasteiger partial charge in [-0.1, -0.05) is 48.5 Å². The zero-order chi connectivity index (χ0) is 24.3. The van der Waals surface area contributed by atoms with E-state index in [0.717, 1.165) is 24.9 Å². The summed E-state index contributed by atoms with van der Waals surface area (Å²) in [6.07, 6.45) is 4.94. The summed E-state index contributed by atoms with van der Waals surface area (Å²) in [5, 5.41) is 3.68. The zero-order valence-electron chi connectivity index (χ0n) is 19.6. The van der Waals surface area contributed by atoms with Gasteiger partial charge in [0.05, 0.1) is 11.1 Å². The summed E-state index contributed by atoms with van der Waals surface area (Å²) in [6, 6.07) is 22.1. The molecule has 2 bridgehead atoms. The Morgan fingerprint density at radius 1 is 0.889 bits per heavy atom. The summed E-state index contributed by atoms with van der Waals surface area (Å²) in [5.74, 6) is 0.420. The minimum Gasteiger partial charge on any atom is -0.481 e. The molecule has 3 aromatic carbocycles. The Morgan fingerprint density at radius 3 is 2.36 bits per heavy atom. The summed E-state index contributed by atoms with van der Waals surface area (Å²) in [6.45, 7) is 0.848. The Morgan fingerprint density at radius 2 is 1.61 bits per heavy atom. The fourth-order valence-corrected chi connectivity index (χ4v) is 6.63. The molecule has 0 amide bonds. The molecule has 5 atom stereocenters. The Kier molecular flexibility index (Phi) is 4.79. The van der Waals surface area contributed by atoms with Gasteiger partial charge < -0.3 is 19.5 Å². The molecule has 6 nitrogen and oxygen atoms in total. The Bertz CT molecular complexity index is 1390. The van der Waals surface area contributed by atoms with E-state index in [1.165, 1.54) is 5.56 Å². The molecular formula is C30H25NO5. The summed E-state index contributed by atoms with van der Waals surface area (Å²) in [4.78, 5) is 25.9. The minimum absolute atomic E-state index is 0.205. The van der Waals surface area contributed by atoms with Gasteiger partial charge in [-0.2, -0.15) is 0 Å². The number of benzene rings is 3. The van der Waals surface area contributed by atoms with Crippen LogP contribution in [0.4, 0.5) is 0 Å². The predicted octanol–water partition coefficient (Wildman–Crippen LogP) is 4.23. The van der Waals surface area contributed by atoms with Crippen LogP contribution in [0.2, 0.25) is 0 Å². The molecule has 1 saturated heterocycles. The van der Waals surface area contributed by atoms with Crippen molar-refractivity contribution in [2.24, 2.45) is 5.92 Å². The molecule has 0 saturated carbocycles. The molecule has 36 heavy (non-hydrogen) atoms. The summed E-state index contributed by atoms with van der Waals surface area (Å²) >= 11 is 0. The lowest BCUT2D eigenvalue weighted by molar-refractivity contribution is -0.0360. The number of hydrogen-bond acceptors (Lipinski definition) is 6. The van der Waals surface area contributed by atoms with E-state index < -0.39 is 18.2 Å². The average molecular weight is 480 g/mol. The van der Waals surface area contributed by atoms with Gasteiger partial charge in [0, 0.05) is 22.9 Å². The number of carbonyl (C=O) groups is 2. The highest BCUT2D eigenvalue weighted by molar-refractivity contribution is 5.91. The van der Waals surface area contributed by atoms with Crippen molar-refractivity contribution in [1.29, 1.82) is 0 Å². The van der Waals surface area contributed by atoms with Gasteiger partial charge in [0.25, 0.3) is 0 Å². The van der Waals surface area contributed by atoms with Gasteiger partial charge in [-0.05, 0) is 61.4 Å². The van der Waals surface area contributed by atoms with Crippen LogP contribution in [0.3, 0.4) is 0 Å². The first-order valence-electron chi connectivity index (χ1n) is 12.4. The van der Waals surface area contributed by atoms with E-state index >= 15 is 0 Å². The second-order valence-electron chi connectivity index (χ2n) is 9.92. The van der Waals surface area contributed by atoms with Gasteiger partial charge >= 0.3 is 11.9 Å². The number of carbonyl (C=O) groups excluding carboxylic acids is 2. The van der Waals surface area contributed by atoms with Crippen molar-refractivity contribution in [3.05, 3.63) is 107 Å². The Labute approximate surface area is 208 Å². The van der Waals surface area contributed by atoms with Gasteiger partial charge in [0.2, 0.25) is 0 Å². The van der Waals surface area contributed by atoms with Crippen molar-refractivity contribution in [3.63, 3.8) is 0 Å². The van der Waals surface area contributed by atoms with Crippen LogP contribution in [-0.4, -0.2) is 36.7 Å². The molecule has 7 rings (SSSR count). The van der Waals surface area contributed by atoms with Gasteiger partial charge in [0.1, 0.15) is 6.10 Å². The fraction of sp³-hybridized carbons (Fsp3) is 0.267. The molecule has 2 heterocycles. The maximum atomic E-state index is 13.0. The average Bonchev–Trinajstić information content (AvgIpc) is 3.26.